The number of aromatic amines is 1. The lowest BCUT2D eigenvalue weighted by Gasteiger charge is -2.16. The molecule has 0 saturated carbocycles. The van der Waals surface area contributed by atoms with Crippen LogP contribution in [0.5, 0.6) is 0 Å². The second-order valence-electron chi connectivity index (χ2n) is 5.46. The molecule has 114 valence electrons. The Morgan fingerprint density at radius 1 is 1.18 bits per heavy atom. The number of hydrogen-bond donors (Lipinski definition) is 1. The van der Waals surface area contributed by atoms with E-state index in [2.05, 4.69) is 15.2 Å². The molecule has 2 heterocycles. The zero-order chi connectivity index (χ0) is 15.4. The molecule has 3 rings (SSSR count). The number of H-pyrrole nitrogens is 1. The Kier molecular flexibility index (Phi) is 4.59. The molecule has 1 aliphatic heterocycles. The lowest BCUT2D eigenvalue weighted by molar-refractivity contribution is -0.382. The second kappa shape index (κ2) is 6.79. The van der Waals surface area contributed by atoms with Gasteiger partial charge in [-0.2, -0.15) is 0 Å². The van der Waals surface area contributed by atoms with Crippen LogP contribution in [0.4, 0.5) is 5.69 Å². The van der Waals surface area contributed by atoms with Gasteiger partial charge in [0.2, 0.25) is 0 Å². The molecule has 0 aliphatic carbocycles. The molecular formula is C17H19ClN3O+. The van der Waals surface area contributed by atoms with E-state index >= 15 is 0 Å². The number of benzene rings is 1. The Labute approximate surface area is 135 Å². The SMILES string of the molecule is O=C(NCc1ccc(Cl)cc1)c1cc(N2CCCC2)cc[nH+]1. The lowest BCUT2D eigenvalue weighted by atomic mass is 10.2. The molecule has 0 atom stereocenters. The summed E-state index contributed by atoms with van der Waals surface area (Å²) < 4.78 is 0. The first-order valence-corrected chi connectivity index (χ1v) is 7.89. The fourth-order valence-corrected chi connectivity index (χ4v) is 2.76. The van der Waals surface area contributed by atoms with E-state index in [1.165, 1.54) is 12.8 Å². The Morgan fingerprint density at radius 2 is 1.91 bits per heavy atom. The lowest BCUT2D eigenvalue weighted by Crippen LogP contribution is -2.30. The van der Waals surface area contributed by atoms with Gasteiger partial charge in [-0.25, -0.2) is 4.98 Å². The number of anilines is 1. The smallest absolute Gasteiger partial charge is 0.316 e. The van der Waals surface area contributed by atoms with Crippen molar-refractivity contribution in [3.63, 3.8) is 0 Å². The molecule has 1 aromatic carbocycles. The highest BCUT2D eigenvalue weighted by Crippen LogP contribution is 2.19. The Bertz CT molecular complexity index is 651. The number of aromatic nitrogens is 1. The minimum atomic E-state index is -0.101. The van der Waals surface area contributed by atoms with Crippen molar-refractivity contribution in [3.8, 4) is 0 Å². The summed E-state index contributed by atoms with van der Waals surface area (Å²) in [6, 6.07) is 11.4. The fourth-order valence-electron chi connectivity index (χ4n) is 2.64. The Balaban J connectivity index is 1.64. The topological polar surface area (TPSA) is 46.5 Å². The molecule has 1 aliphatic rings. The third-order valence-corrected chi connectivity index (χ3v) is 4.12. The summed E-state index contributed by atoms with van der Waals surface area (Å²) in [4.78, 5) is 17.6. The van der Waals surface area contributed by atoms with Crippen LogP contribution in [0.3, 0.4) is 0 Å². The van der Waals surface area contributed by atoms with Gasteiger partial charge < -0.3 is 10.2 Å². The van der Waals surface area contributed by atoms with Crippen molar-refractivity contribution in [1.29, 1.82) is 0 Å². The van der Waals surface area contributed by atoms with Crippen LogP contribution in [0.15, 0.2) is 42.6 Å². The molecule has 0 unspecified atom stereocenters. The van der Waals surface area contributed by atoms with Gasteiger partial charge in [0.25, 0.3) is 5.69 Å². The van der Waals surface area contributed by atoms with Gasteiger partial charge in [-0.15, -0.1) is 0 Å². The Morgan fingerprint density at radius 3 is 2.64 bits per heavy atom. The number of carbonyl (C=O) groups is 1. The van der Waals surface area contributed by atoms with Crippen molar-refractivity contribution in [2.45, 2.75) is 19.4 Å². The summed E-state index contributed by atoms with van der Waals surface area (Å²) in [5.41, 5.74) is 2.71. The number of carbonyl (C=O) groups excluding carboxylic acids is 1. The molecule has 4 nitrogen and oxygen atoms in total. The number of nitrogens with one attached hydrogen (secondary N) is 2. The van der Waals surface area contributed by atoms with Crippen molar-refractivity contribution < 1.29 is 9.78 Å². The summed E-state index contributed by atoms with van der Waals surface area (Å²) in [5.74, 6) is -0.101. The molecule has 1 amide bonds. The number of pyridine rings is 1. The molecule has 2 aromatic rings. The molecule has 1 saturated heterocycles. The molecule has 5 heteroatoms. The van der Waals surface area contributed by atoms with Gasteiger partial charge in [-0.05, 0) is 30.5 Å². The molecule has 2 N–H and O–H groups in total. The molecule has 0 radical (unpaired) electrons. The van der Waals surface area contributed by atoms with Crippen LogP contribution in [0.25, 0.3) is 0 Å². The summed E-state index contributed by atoms with van der Waals surface area (Å²) >= 11 is 5.85. The minimum Gasteiger partial charge on any atom is -0.371 e. The largest absolute Gasteiger partial charge is 0.371 e. The van der Waals surface area contributed by atoms with E-state index in [1.807, 2.05) is 42.6 Å². The normalized spacial score (nSPS) is 14.1. The quantitative estimate of drug-likeness (QED) is 0.942. The maximum atomic E-state index is 12.3. The standard InChI is InChI=1S/C17H18ClN3O/c18-14-5-3-13(4-6-14)12-20-17(22)16-11-15(7-8-19-16)21-9-1-2-10-21/h3-8,11H,1-2,9-10,12H2,(H,20,22)/p+1. The highest BCUT2D eigenvalue weighted by atomic mass is 35.5. The fraction of sp³-hybridized carbons (Fsp3) is 0.294. The van der Waals surface area contributed by atoms with Crippen LogP contribution in [-0.2, 0) is 6.54 Å². The molecule has 1 fully saturated rings. The van der Waals surface area contributed by atoms with Gasteiger partial charge >= 0.3 is 5.91 Å². The highest BCUT2D eigenvalue weighted by molar-refractivity contribution is 6.30. The third-order valence-electron chi connectivity index (χ3n) is 3.87. The van der Waals surface area contributed by atoms with Gasteiger partial charge in [0.1, 0.15) is 0 Å². The van der Waals surface area contributed by atoms with Crippen molar-refractivity contribution in [3.05, 3.63) is 58.9 Å². The zero-order valence-electron chi connectivity index (χ0n) is 12.3. The summed E-state index contributed by atoms with van der Waals surface area (Å²) in [7, 11) is 0. The van der Waals surface area contributed by atoms with Crippen molar-refractivity contribution >= 4 is 23.2 Å². The first kappa shape index (κ1) is 14.9. The van der Waals surface area contributed by atoms with E-state index in [1.54, 1.807) is 0 Å². The van der Waals surface area contributed by atoms with E-state index in [9.17, 15) is 4.79 Å². The first-order valence-electron chi connectivity index (χ1n) is 7.52. The molecule has 22 heavy (non-hydrogen) atoms. The first-order chi connectivity index (χ1) is 10.7. The van der Waals surface area contributed by atoms with Gasteiger partial charge in [-0.1, -0.05) is 23.7 Å². The van der Waals surface area contributed by atoms with Crippen LogP contribution in [0.2, 0.25) is 5.02 Å². The van der Waals surface area contributed by atoms with E-state index in [4.69, 9.17) is 11.6 Å². The Hall–Kier alpha value is -2.07. The maximum Gasteiger partial charge on any atom is 0.316 e. The number of rotatable bonds is 4. The van der Waals surface area contributed by atoms with E-state index in [0.717, 1.165) is 24.3 Å². The van der Waals surface area contributed by atoms with Gasteiger partial charge in [0, 0.05) is 42.5 Å². The number of nitrogens with zero attached hydrogens (tertiary/aromatic N) is 1. The average Bonchev–Trinajstić information content (AvgIpc) is 3.09. The predicted octanol–water partition coefficient (Wildman–Crippen LogP) is 2.68. The predicted molar refractivity (Wildman–Crippen MR) is 87.1 cm³/mol. The van der Waals surface area contributed by atoms with Crippen LogP contribution < -0.4 is 15.2 Å². The van der Waals surface area contributed by atoms with Gasteiger partial charge in [0.05, 0.1) is 0 Å². The summed E-state index contributed by atoms with van der Waals surface area (Å²) in [5, 5.41) is 3.62. The number of hydrogen-bond acceptors (Lipinski definition) is 2. The number of amides is 1. The summed E-state index contributed by atoms with van der Waals surface area (Å²) in [6.07, 6.45) is 4.26. The van der Waals surface area contributed by atoms with Crippen molar-refractivity contribution in [2.24, 2.45) is 0 Å². The van der Waals surface area contributed by atoms with Crippen LogP contribution in [-0.4, -0.2) is 19.0 Å². The van der Waals surface area contributed by atoms with Crippen molar-refractivity contribution in [1.82, 2.24) is 5.32 Å². The van der Waals surface area contributed by atoms with Crippen molar-refractivity contribution in [2.75, 3.05) is 18.0 Å². The summed E-state index contributed by atoms with van der Waals surface area (Å²) in [6.45, 7) is 2.61. The highest BCUT2D eigenvalue weighted by Gasteiger charge is 2.18. The average molecular weight is 317 g/mol. The van der Waals surface area contributed by atoms with Crippen LogP contribution in [0, 0.1) is 0 Å². The van der Waals surface area contributed by atoms with E-state index < -0.39 is 0 Å². The van der Waals surface area contributed by atoms with Gasteiger partial charge in [0.15, 0.2) is 6.20 Å². The van der Waals surface area contributed by atoms with Gasteiger partial charge in [-0.3, -0.25) is 4.79 Å². The third kappa shape index (κ3) is 3.57. The van der Waals surface area contributed by atoms with Crippen LogP contribution >= 0.6 is 11.6 Å². The van der Waals surface area contributed by atoms with E-state index in [0.29, 0.717) is 17.3 Å². The zero-order valence-corrected chi connectivity index (χ0v) is 13.1. The van der Waals surface area contributed by atoms with E-state index in [-0.39, 0.29) is 5.91 Å². The maximum absolute atomic E-state index is 12.3. The minimum absolute atomic E-state index is 0.101. The number of halogens is 1. The molecular weight excluding hydrogens is 298 g/mol. The molecule has 1 aromatic heterocycles. The second-order valence-corrected chi connectivity index (χ2v) is 5.90. The van der Waals surface area contributed by atoms with Crippen LogP contribution in [0.1, 0.15) is 28.9 Å². The molecule has 0 bridgehead atoms. The molecule has 0 spiro atoms. The monoisotopic (exact) mass is 316 g/mol.